The quantitative estimate of drug-likeness (QED) is 0.772. The van der Waals surface area contributed by atoms with Gasteiger partial charge in [-0.2, -0.15) is 5.10 Å². The van der Waals surface area contributed by atoms with Gasteiger partial charge in [0.05, 0.1) is 11.9 Å². The summed E-state index contributed by atoms with van der Waals surface area (Å²) in [4.78, 5) is 13.4. The van der Waals surface area contributed by atoms with Crippen LogP contribution in [0.5, 0.6) is 0 Å². The van der Waals surface area contributed by atoms with E-state index in [-0.39, 0.29) is 5.56 Å². The lowest BCUT2D eigenvalue weighted by Gasteiger charge is -2.35. The molecule has 2 N–H and O–H groups in total. The number of aromatic nitrogens is 2. The largest absolute Gasteiger partial charge is 0.381 e. The number of hydrogen-bond donors (Lipinski definition) is 2. The van der Waals surface area contributed by atoms with Gasteiger partial charge in [-0.15, -0.1) is 0 Å². The van der Waals surface area contributed by atoms with Crippen LogP contribution in [0.3, 0.4) is 0 Å². The molecule has 88 valence electrons. The van der Waals surface area contributed by atoms with Crippen LogP contribution >= 0.6 is 0 Å². The molecule has 0 amide bonds. The summed E-state index contributed by atoms with van der Waals surface area (Å²) in [5.74, 6) is 0. The summed E-state index contributed by atoms with van der Waals surface area (Å²) in [6.45, 7) is 3.32. The number of aromatic amines is 1. The molecule has 2 unspecified atom stereocenters. The van der Waals surface area contributed by atoms with E-state index in [1.165, 1.54) is 0 Å². The molecule has 0 radical (unpaired) electrons. The van der Waals surface area contributed by atoms with Gasteiger partial charge in [-0.25, -0.2) is 5.10 Å². The fourth-order valence-corrected chi connectivity index (χ4v) is 2.11. The Morgan fingerprint density at radius 3 is 3.12 bits per heavy atom. The van der Waals surface area contributed by atoms with E-state index in [1.807, 2.05) is 0 Å². The summed E-state index contributed by atoms with van der Waals surface area (Å²) in [7, 11) is 2.15. The third kappa shape index (κ3) is 2.61. The number of anilines is 1. The molecular formula is C11H18N4O. The third-order valence-electron chi connectivity index (χ3n) is 3.24. The van der Waals surface area contributed by atoms with Crippen molar-refractivity contribution in [2.75, 3.05) is 18.9 Å². The number of nitrogens with zero attached hydrogens (tertiary/aromatic N) is 2. The summed E-state index contributed by atoms with van der Waals surface area (Å²) >= 11 is 0. The van der Waals surface area contributed by atoms with Crippen LogP contribution in [0, 0.1) is 0 Å². The van der Waals surface area contributed by atoms with Gasteiger partial charge < -0.3 is 10.2 Å². The lowest BCUT2D eigenvalue weighted by atomic mass is 9.99. The molecule has 0 bridgehead atoms. The van der Waals surface area contributed by atoms with E-state index in [0.717, 1.165) is 25.1 Å². The van der Waals surface area contributed by atoms with Crippen molar-refractivity contribution >= 4 is 5.69 Å². The predicted octanol–water partition coefficient (Wildman–Crippen LogP) is 0.664. The Morgan fingerprint density at radius 2 is 2.44 bits per heavy atom. The molecule has 2 atom stereocenters. The molecule has 5 nitrogen and oxygen atoms in total. The molecule has 1 fully saturated rings. The van der Waals surface area contributed by atoms with E-state index in [0.29, 0.717) is 12.1 Å². The van der Waals surface area contributed by atoms with Crippen molar-refractivity contribution in [3.05, 3.63) is 22.6 Å². The number of H-pyrrole nitrogens is 1. The van der Waals surface area contributed by atoms with Crippen molar-refractivity contribution in [3.63, 3.8) is 0 Å². The molecule has 5 heteroatoms. The van der Waals surface area contributed by atoms with Crippen LogP contribution in [0.25, 0.3) is 0 Å². The molecule has 1 aromatic heterocycles. The lowest BCUT2D eigenvalue weighted by molar-refractivity contribution is 0.190. The standard InChI is InChI=1S/C11H18N4O/c1-8-5-9(3-4-15(8)2)13-10-6-11(16)14-12-7-10/h6-9H,3-5H2,1-2H3,(H2,13,14,16). The van der Waals surface area contributed by atoms with Crippen LogP contribution in [0.2, 0.25) is 0 Å². The maximum Gasteiger partial charge on any atom is 0.266 e. The lowest BCUT2D eigenvalue weighted by Crippen LogP contribution is -2.42. The maximum absolute atomic E-state index is 11.1. The van der Waals surface area contributed by atoms with E-state index in [1.54, 1.807) is 12.3 Å². The third-order valence-corrected chi connectivity index (χ3v) is 3.24. The van der Waals surface area contributed by atoms with Gasteiger partial charge in [0.2, 0.25) is 0 Å². The average molecular weight is 222 g/mol. The summed E-state index contributed by atoms with van der Waals surface area (Å²) in [6, 6.07) is 2.58. The minimum Gasteiger partial charge on any atom is -0.381 e. The highest BCUT2D eigenvalue weighted by Gasteiger charge is 2.22. The van der Waals surface area contributed by atoms with Gasteiger partial charge in [-0.3, -0.25) is 4.79 Å². The zero-order valence-electron chi connectivity index (χ0n) is 9.73. The molecule has 0 aliphatic carbocycles. The summed E-state index contributed by atoms with van der Waals surface area (Å²) in [6.07, 6.45) is 3.86. The number of hydrogen-bond acceptors (Lipinski definition) is 4. The van der Waals surface area contributed by atoms with E-state index in [2.05, 4.69) is 34.4 Å². The highest BCUT2D eigenvalue weighted by atomic mass is 16.1. The summed E-state index contributed by atoms with van der Waals surface area (Å²) in [5, 5.41) is 9.51. The zero-order chi connectivity index (χ0) is 11.5. The van der Waals surface area contributed by atoms with Crippen LogP contribution in [0.1, 0.15) is 19.8 Å². The van der Waals surface area contributed by atoms with Gasteiger partial charge in [0, 0.05) is 24.7 Å². The van der Waals surface area contributed by atoms with Crippen LogP contribution in [0.4, 0.5) is 5.69 Å². The SMILES string of the molecule is CC1CC(Nc2cn[nH]c(=O)c2)CCN1C. The predicted molar refractivity (Wildman–Crippen MR) is 63.6 cm³/mol. The van der Waals surface area contributed by atoms with Crippen LogP contribution in [-0.2, 0) is 0 Å². The molecule has 1 aliphatic rings. The van der Waals surface area contributed by atoms with Crippen molar-refractivity contribution in [2.24, 2.45) is 0 Å². The van der Waals surface area contributed by atoms with Crippen molar-refractivity contribution < 1.29 is 0 Å². The van der Waals surface area contributed by atoms with Gasteiger partial charge in [0.1, 0.15) is 0 Å². The van der Waals surface area contributed by atoms with Crippen LogP contribution in [0.15, 0.2) is 17.1 Å². The Labute approximate surface area is 94.9 Å². The average Bonchev–Trinajstić information content (AvgIpc) is 2.24. The number of likely N-dealkylation sites (tertiary alicyclic amines) is 1. The second kappa shape index (κ2) is 4.65. The maximum atomic E-state index is 11.1. The molecular weight excluding hydrogens is 204 g/mol. The highest BCUT2D eigenvalue weighted by molar-refractivity contribution is 5.39. The molecule has 2 heterocycles. The minimum atomic E-state index is -0.161. The van der Waals surface area contributed by atoms with Crippen molar-refractivity contribution in [3.8, 4) is 0 Å². The first-order chi connectivity index (χ1) is 7.65. The van der Waals surface area contributed by atoms with E-state index < -0.39 is 0 Å². The molecule has 16 heavy (non-hydrogen) atoms. The minimum absolute atomic E-state index is 0.161. The van der Waals surface area contributed by atoms with E-state index in [4.69, 9.17) is 0 Å². The Bertz CT molecular complexity index is 403. The topological polar surface area (TPSA) is 61.0 Å². The Balaban J connectivity index is 1.98. The van der Waals surface area contributed by atoms with Gasteiger partial charge in [0.15, 0.2) is 0 Å². The van der Waals surface area contributed by atoms with Crippen LogP contribution in [-0.4, -0.2) is 40.8 Å². The fraction of sp³-hybridized carbons (Fsp3) is 0.636. The van der Waals surface area contributed by atoms with Gasteiger partial charge >= 0.3 is 0 Å². The molecule has 0 aromatic carbocycles. The van der Waals surface area contributed by atoms with Crippen molar-refractivity contribution in [1.29, 1.82) is 0 Å². The fourth-order valence-electron chi connectivity index (χ4n) is 2.11. The smallest absolute Gasteiger partial charge is 0.266 e. The number of rotatable bonds is 2. The zero-order valence-corrected chi connectivity index (χ0v) is 9.73. The Hall–Kier alpha value is -1.36. The van der Waals surface area contributed by atoms with E-state index in [9.17, 15) is 4.79 Å². The molecule has 1 aliphatic heterocycles. The van der Waals surface area contributed by atoms with Crippen molar-refractivity contribution in [2.45, 2.75) is 31.8 Å². The van der Waals surface area contributed by atoms with E-state index >= 15 is 0 Å². The molecule has 0 spiro atoms. The number of piperidine rings is 1. The first kappa shape index (κ1) is 11.1. The Kier molecular flexibility index (Phi) is 3.24. The summed E-state index contributed by atoms with van der Waals surface area (Å²) < 4.78 is 0. The number of nitrogens with one attached hydrogen (secondary N) is 2. The second-order valence-electron chi connectivity index (χ2n) is 4.53. The molecule has 2 rings (SSSR count). The second-order valence-corrected chi connectivity index (χ2v) is 4.53. The van der Waals surface area contributed by atoms with Gasteiger partial charge in [-0.1, -0.05) is 0 Å². The molecule has 0 saturated carbocycles. The first-order valence-electron chi connectivity index (χ1n) is 5.66. The normalized spacial score (nSPS) is 26.6. The first-order valence-corrected chi connectivity index (χ1v) is 5.66. The van der Waals surface area contributed by atoms with Gasteiger partial charge in [-0.05, 0) is 26.8 Å². The Morgan fingerprint density at radius 1 is 1.62 bits per heavy atom. The van der Waals surface area contributed by atoms with Crippen LogP contribution < -0.4 is 10.9 Å². The molecule has 1 aromatic rings. The summed E-state index contributed by atoms with van der Waals surface area (Å²) in [5.41, 5.74) is 0.650. The van der Waals surface area contributed by atoms with Crippen molar-refractivity contribution in [1.82, 2.24) is 15.1 Å². The molecule has 1 saturated heterocycles. The van der Waals surface area contributed by atoms with Gasteiger partial charge in [0.25, 0.3) is 5.56 Å². The monoisotopic (exact) mass is 222 g/mol. The highest BCUT2D eigenvalue weighted by Crippen LogP contribution is 2.18.